The average Bonchev–Trinajstić information content (AvgIpc) is 3.27. The minimum Gasteiger partial charge on any atom is -0.350 e. The molecular weight excluding hydrogens is 392 g/mol. The van der Waals surface area contributed by atoms with Gasteiger partial charge in [0, 0.05) is 42.0 Å². The van der Waals surface area contributed by atoms with Crippen LogP contribution in [0.5, 0.6) is 0 Å². The first-order chi connectivity index (χ1) is 15.1. The molecule has 1 atom stereocenters. The number of nitrogens with zero attached hydrogens (tertiary/aromatic N) is 4. The lowest BCUT2D eigenvalue weighted by Gasteiger charge is -2.17. The minimum absolute atomic E-state index is 0.0340. The molecule has 31 heavy (non-hydrogen) atoms. The summed E-state index contributed by atoms with van der Waals surface area (Å²) in [5.74, 6) is 0.112. The number of aromatic nitrogens is 2. The van der Waals surface area contributed by atoms with Gasteiger partial charge in [-0.1, -0.05) is 6.58 Å². The molecule has 1 aliphatic heterocycles. The van der Waals surface area contributed by atoms with Crippen LogP contribution in [0.1, 0.15) is 22.3 Å². The molecular formula is C23H20N6O2. The van der Waals surface area contributed by atoms with Gasteiger partial charge in [0.25, 0.3) is 5.91 Å². The van der Waals surface area contributed by atoms with Crippen LogP contribution in [0.4, 0.5) is 11.6 Å². The van der Waals surface area contributed by atoms with Crippen LogP contribution in [-0.2, 0) is 4.79 Å². The molecule has 0 saturated carbocycles. The molecule has 3 aromatic rings. The molecule has 1 aromatic heterocycles. The summed E-state index contributed by atoms with van der Waals surface area (Å²) in [4.78, 5) is 34.8. The molecule has 2 N–H and O–H groups in total. The molecule has 2 amide bonds. The molecule has 154 valence electrons. The van der Waals surface area contributed by atoms with Crippen molar-refractivity contribution in [1.29, 1.82) is 5.26 Å². The smallest absolute Gasteiger partial charge is 0.253 e. The van der Waals surface area contributed by atoms with Crippen molar-refractivity contribution in [3.8, 4) is 6.07 Å². The maximum Gasteiger partial charge on any atom is 0.253 e. The van der Waals surface area contributed by atoms with Crippen LogP contribution < -0.4 is 10.6 Å². The number of benzene rings is 2. The van der Waals surface area contributed by atoms with Gasteiger partial charge in [0.1, 0.15) is 0 Å². The predicted molar refractivity (Wildman–Crippen MR) is 117 cm³/mol. The van der Waals surface area contributed by atoms with Crippen molar-refractivity contribution >= 4 is 34.4 Å². The molecule has 8 nitrogen and oxygen atoms in total. The Bertz CT molecular complexity index is 1200. The minimum atomic E-state index is -0.299. The number of carbonyl (C=O) groups excluding carboxylic acids is 2. The second kappa shape index (κ2) is 8.63. The number of nitriles is 1. The zero-order valence-corrected chi connectivity index (χ0v) is 16.7. The van der Waals surface area contributed by atoms with Crippen molar-refractivity contribution in [1.82, 2.24) is 14.9 Å². The van der Waals surface area contributed by atoms with Gasteiger partial charge in [-0.05, 0) is 55.0 Å². The summed E-state index contributed by atoms with van der Waals surface area (Å²) < 4.78 is 0. The highest BCUT2D eigenvalue weighted by atomic mass is 16.2. The largest absolute Gasteiger partial charge is 0.350 e. The monoisotopic (exact) mass is 412 g/mol. The van der Waals surface area contributed by atoms with Gasteiger partial charge >= 0.3 is 0 Å². The van der Waals surface area contributed by atoms with E-state index in [1.807, 2.05) is 6.07 Å². The summed E-state index contributed by atoms with van der Waals surface area (Å²) in [7, 11) is 0. The van der Waals surface area contributed by atoms with E-state index in [1.165, 1.54) is 6.08 Å². The lowest BCUT2D eigenvalue weighted by molar-refractivity contribution is -0.111. The van der Waals surface area contributed by atoms with Gasteiger partial charge in [-0.15, -0.1) is 0 Å². The third kappa shape index (κ3) is 4.51. The topological polar surface area (TPSA) is 111 Å². The van der Waals surface area contributed by atoms with Crippen molar-refractivity contribution in [2.45, 2.75) is 12.5 Å². The summed E-state index contributed by atoms with van der Waals surface area (Å²) in [6, 6.07) is 14.2. The Balaban J connectivity index is 1.39. The molecule has 0 bridgehead atoms. The van der Waals surface area contributed by atoms with E-state index in [9.17, 15) is 9.59 Å². The molecule has 2 heterocycles. The normalized spacial score (nSPS) is 15.3. The van der Waals surface area contributed by atoms with Crippen molar-refractivity contribution in [2.24, 2.45) is 0 Å². The zero-order chi connectivity index (χ0) is 21.8. The molecule has 4 rings (SSSR count). The van der Waals surface area contributed by atoms with Crippen LogP contribution in [-0.4, -0.2) is 45.8 Å². The lowest BCUT2D eigenvalue weighted by Crippen LogP contribution is -2.31. The quantitative estimate of drug-likeness (QED) is 0.624. The van der Waals surface area contributed by atoms with Gasteiger partial charge in [-0.2, -0.15) is 5.26 Å². The van der Waals surface area contributed by atoms with Gasteiger partial charge in [0.05, 0.1) is 17.1 Å². The summed E-state index contributed by atoms with van der Waals surface area (Å²) >= 11 is 0. The molecule has 1 fully saturated rings. The Labute approximate surface area is 179 Å². The number of nitrogens with one attached hydrogen (secondary N) is 2. The van der Waals surface area contributed by atoms with E-state index in [1.54, 1.807) is 47.5 Å². The first-order valence-corrected chi connectivity index (χ1v) is 9.82. The first-order valence-electron chi connectivity index (χ1n) is 9.82. The van der Waals surface area contributed by atoms with Gasteiger partial charge in [0.2, 0.25) is 11.9 Å². The molecule has 8 heteroatoms. The first kappa shape index (κ1) is 20.0. The number of likely N-dealkylation sites (tertiary alicyclic amines) is 1. The SMILES string of the molecule is C=CC(=O)Nc1ccc(C(=O)N2CC[C@@H](Nc3ncc4ccc(C#N)cc4n3)C2)cc1. The van der Waals surface area contributed by atoms with E-state index in [0.717, 1.165) is 11.8 Å². The maximum atomic E-state index is 12.8. The molecule has 1 aliphatic rings. The number of hydrogen-bond donors (Lipinski definition) is 2. The summed E-state index contributed by atoms with van der Waals surface area (Å²) in [5, 5.41) is 15.9. The van der Waals surface area contributed by atoms with Crippen molar-refractivity contribution in [2.75, 3.05) is 23.7 Å². The van der Waals surface area contributed by atoms with E-state index in [0.29, 0.717) is 41.4 Å². The molecule has 0 spiro atoms. The Morgan fingerprint density at radius 3 is 2.77 bits per heavy atom. The summed E-state index contributed by atoms with van der Waals surface area (Å²) in [5.41, 5.74) is 2.41. The summed E-state index contributed by atoms with van der Waals surface area (Å²) in [6.07, 6.45) is 3.69. The Morgan fingerprint density at radius 2 is 2.03 bits per heavy atom. The van der Waals surface area contributed by atoms with Crippen LogP contribution in [0.3, 0.4) is 0 Å². The van der Waals surface area contributed by atoms with Gasteiger partial charge in [0.15, 0.2) is 0 Å². The highest BCUT2D eigenvalue weighted by molar-refractivity contribution is 5.99. The number of fused-ring (bicyclic) bond motifs is 1. The van der Waals surface area contributed by atoms with Crippen molar-refractivity contribution in [3.05, 3.63) is 72.4 Å². The highest BCUT2D eigenvalue weighted by Crippen LogP contribution is 2.19. The molecule has 0 aliphatic carbocycles. The van der Waals surface area contributed by atoms with E-state index in [4.69, 9.17) is 5.26 Å². The number of anilines is 2. The second-order valence-corrected chi connectivity index (χ2v) is 7.23. The van der Waals surface area contributed by atoms with E-state index < -0.39 is 0 Å². The molecule has 2 aromatic carbocycles. The molecule has 0 unspecified atom stereocenters. The Hall–Kier alpha value is -4.25. The van der Waals surface area contributed by atoms with E-state index in [-0.39, 0.29) is 17.9 Å². The zero-order valence-electron chi connectivity index (χ0n) is 16.7. The summed E-state index contributed by atoms with van der Waals surface area (Å²) in [6.45, 7) is 4.57. The van der Waals surface area contributed by atoms with Crippen LogP contribution >= 0.6 is 0 Å². The average molecular weight is 412 g/mol. The fourth-order valence-electron chi connectivity index (χ4n) is 3.48. The number of carbonyl (C=O) groups is 2. The van der Waals surface area contributed by atoms with Gasteiger partial charge < -0.3 is 15.5 Å². The third-order valence-corrected chi connectivity index (χ3v) is 5.11. The van der Waals surface area contributed by atoms with Crippen molar-refractivity contribution < 1.29 is 9.59 Å². The van der Waals surface area contributed by atoms with Crippen molar-refractivity contribution in [3.63, 3.8) is 0 Å². The Morgan fingerprint density at radius 1 is 1.23 bits per heavy atom. The number of hydrogen-bond acceptors (Lipinski definition) is 6. The second-order valence-electron chi connectivity index (χ2n) is 7.23. The molecule has 0 radical (unpaired) electrons. The Kier molecular flexibility index (Phi) is 5.58. The predicted octanol–water partition coefficient (Wildman–Crippen LogP) is 2.95. The van der Waals surface area contributed by atoms with Crippen LogP contribution in [0.15, 0.2) is 61.3 Å². The van der Waals surface area contributed by atoms with Crippen LogP contribution in [0, 0.1) is 11.3 Å². The fraction of sp³-hybridized carbons (Fsp3) is 0.174. The van der Waals surface area contributed by atoms with Gasteiger partial charge in [-0.3, -0.25) is 9.59 Å². The number of amides is 2. The third-order valence-electron chi connectivity index (χ3n) is 5.11. The van der Waals surface area contributed by atoms with Crippen LogP contribution in [0.2, 0.25) is 0 Å². The number of rotatable bonds is 5. The lowest BCUT2D eigenvalue weighted by atomic mass is 10.2. The standard InChI is InChI=1S/C23H20N6O2/c1-2-21(30)26-18-7-5-16(6-8-18)22(31)29-10-9-19(14-29)27-23-25-13-17-4-3-15(12-24)11-20(17)28-23/h2-8,11,13,19H,1,9-10,14H2,(H,26,30)(H,25,27,28)/t19-/m1/s1. The fourth-order valence-corrected chi connectivity index (χ4v) is 3.48. The van der Waals surface area contributed by atoms with E-state index in [2.05, 4.69) is 33.2 Å². The van der Waals surface area contributed by atoms with E-state index >= 15 is 0 Å². The maximum absolute atomic E-state index is 12.8. The van der Waals surface area contributed by atoms with Crippen LogP contribution in [0.25, 0.3) is 10.9 Å². The molecule has 1 saturated heterocycles. The van der Waals surface area contributed by atoms with Gasteiger partial charge in [-0.25, -0.2) is 9.97 Å². The highest BCUT2D eigenvalue weighted by Gasteiger charge is 2.27.